The van der Waals surface area contributed by atoms with Gasteiger partial charge in [-0.25, -0.2) is 0 Å². The molecule has 3 N–H and O–H groups in total. The third kappa shape index (κ3) is 7.72. The van der Waals surface area contributed by atoms with Crippen LogP contribution in [0.1, 0.15) is 18.4 Å². The van der Waals surface area contributed by atoms with Crippen LogP contribution in [0.25, 0.3) is 0 Å². The Balaban J connectivity index is 1.56. The lowest BCUT2D eigenvalue weighted by Gasteiger charge is -2.12. The number of benzene rings is 1. The molecule has 186 valence electrons. The van der Waals surface area contributed by atoms with Crippen LogP contribution in [0.2, 0.25) is 0 Å². The highest BCUT2D eigenvalue weighted by molar-refractivity contribution is 5.75. The largest absolute Gasteiger partial charge is 0.494 e. The molecule has 0 aliphatic carbocycles. The Morgan fingerprint density at radius 1 is 1.06 bits per heavy atom. The number of halogens is 3. The molecule has 0 fully saturated rings. The molecule has 1 aromatic carbocycles. The molecule has 35 heavy (non-hydrogen) atoms. The molecule has 0 radical (unpaired) electrons. The molecular formula is C21H23F3N8O3. The standard InChI is InChI=1S/C21H23F3N8O3/c22-21(23,24)13-35-20-30-18-26-9-14-3-5-16(6-4-14)34-8-2-1-7-25-17(33)12-32-11-15(10-27-32)28-19(29-18)31-20/h3-6,10-11H,1-2,7-9,12-13H2,(H,25,33)(H2,26,28,29,30,31). The Kier molecular flexibility index (Phi) is 7.48. The Morgan fingerprint density at radius 3 is 2.66 bits per heavy atom. The van der Waals surface area contributed by atoms with Gasteiger partial charge in [-0.1, -0.05) is 12.1 Å². The van der Waals surface area contributed by atoms with Crippen molar-refractivity contribution in [1.82, 2.24) is 30.0 Å². The van der Waals surface area contributed by atoms with Crippen molar-refractivity contribution in [3.8, 4) is 11.8 Å². The van der Waals surface area contributed by atoms with Crippen LogP contribution < -0.4 is 25.4 Å². The van der Waals surface area contributed by atoms with E-state index in [-0.39, 0.29) is 24.3 Å². The number of carbonyl (C=O) groups is 1. The van der Waals surface area contributed by atoms with Crippen molar-refractivity contribution in [2.45, 2.75) is 32.1 Å². The minimum absolute atomic E-state index is 0.00570. The summed E-state index contributed by atoms with van der Waals surface area (Å²) < 4.78 is 49.7. The summed E-state index contributed by atoms with van der Waals surface area (Å²) in [5.74, 6) is 0.444. The summed E-state index contributed by atoms with van der Waals surface area (Å²) in [6.07, 6.45) is -0.0348. The van der Waals surface area contributed by atoms with Crippen molar-refractivity contribution in [1.29, 1.82) is 0 Å². The van der Waals surface area contributed by atoms with Gasteiger partial charge in [-0.3, -0.25) is 9.48 Å². The molecule has 0 unspecified atom stereocenters. The number of aromatic nitrogens is 5. The number of nitrogens with zero attached hydrogens (tertiary/aromatic N) is 5. The first-order chi connectivity index (χ1) is 16.8. The molecule has 5 rings (SSSR count). The van der Waals surface area contributed by atoms with Crippen molar-refractivity contribution in [2.24, 2.45) is 0 Å². The van der Waals surface area contributed by atoms with Crippen molar-refractivity contribution < 1.29 is 27.4 Å². The number of rotatable bonds is 2. The third-order valence-corrected chi connectivity index (χ3v) is 4.71. The quantitative estimate of drug-likeness (QED) is 0.495. The molecule has 0 saturated heterocycles. The van der Waals surface area contributed by atoms with Gasteiger partial charge in [0, 0.05) is 19.3 Å². The number of alkyl halides is 3. The molecule has 6 bridgehead atoms. The second kappa shape index (κ2) is 10.9. The average Bonchev–Trinajstić information content (AvgIpc) is 3.24. The van der Waals surface area contributed by atoms with Gasteiger partial charge >= 0.3 is 12.2 Å². The summed E-state index contributed by atoms with van der Waals surface area (Å²) in [5.41, 5.74) is 1.30. The van der Waals surface area contributed by atoms with E-state index in [0.29, 0.717) is 31.1 Å². The Bertz CT molecular complexity index is 1140. The van der Waals surface area contributed by atoms with E-state index in [2.05, 4.69) is 36.0 Å². The Morgan fingerprint density at radius 2 is 1.86 bits per heavy atom. The van der Waals surface area contributed by atoms with Gasteiger partial charge in [-0.2, -0.15) is 33.2 Å². The number of ether oxygens (including phenoxy) is 2. The molecule has 0 atom stereocenters. The van der Waals surface area contributed by atoms with Crippen molar-refractivity contribution >= 4 is 23.5 Å². The lowest BCUT2D eigenvalue weighted by molar-refractivity contribution is -0.154. The fraction of sp³-hybridized carbons (Fsp3) is 0.381. The average molecular weight is 492 g/mol. The van der Waals surface area contributed by atoms with Gasteiger partial charge in [0.1, 0.15) is 12.3 Å². The highest BCUT2D eigenvalue weighted by Crippen LogP contribution is 2.20. The monoisotopic (exact) mass is 492 g/mol. The molecule has 2 aromatic heterocycles. The van der Waals surface area contributed by atoms with E-state index in [0.717, 1.165) is 18.4 Å². The van der Waals surface area contributed by atoms with E-state index in [1.807, 2.05) is 24.3 Å². The van der Waals surface area contributed by atoms with E-state index < -0.39 is 18.8 Å². The smallest absolute Gasteiger partial charge is 0.422 e. The number of hydrogen-bond acceptors (Lipinski definition) is 9. The zero-order valence-corrected chi connectivity index (χ0v) is 18.5. The molecule has 0 spiro atoms. The maximum atomic E-state index is 12.6. The lowest BCUT2D eigenvalue weighted by Crippen LogP contribution is -2.28. The normalized spacial score (nSPS) is 15.1. The topological polar surface area (TPSA) is 128 Å². The minimum atomic E-state index is -4.55. The van der Waals surface area contributed by atoms with Gasteiger partial charge in [0.25, 0.3) is 0 Å². The minimum Gasteiger partial charge on any atom is -0.494 e. The Labute approximate surface area is 198 Å². The first-order valence-corrected chi connectivity index (χ1v) is 10.8. The van der Waals surface area contributed by atoms with Gasteiger partial charge in [0.05, 0.1) is 18.5 Å². The summed E-state index contributed by atoms with van der Waals surface area (Å²) in [7, 11) is 0. The molecule has 14 heteroatoms. The summed E-state index contributed by atoms with van der Waals surface area (Å²) in [6, 6.07) is 6.82. The van der Waals surface area contributed by atoms with Crippen LogP contribution in [0, 0.1) is 0 Å². The van der Waals surface area contributed by atoms with Crippen LogP contribution in [-0.4, -0.2) is 56.6 Å². The fourth-order valence-corrected chi connectivity index (χ4v) is 3.08. The summed E-state index contributed by atoms with van der Waals surface area (Å²) in [5, 5.41) is 12.7. The van der Waals surface area contributed by atoms with E-state index in [4.69, 9.17) is 9.47 Å². The highest BCUT2D eigenvalue weighted by Gasteiger charge is 2.29. The first-order valence-electron chi connectivity index (χ1n) is 10.8. The summed E-state index contributed by atoms with van der Waals surface area (Å²) in [4.78, 5) is 24.2. The van der Waals surface area contributed by atoms with E-state index >= 15 is 0 Å². The Hall–Kier alpha value is -4.10. The number of hydrogen-bond donors (Lipinski definition) is 3. The van der Waals surface area contributed by atoms with Crippen molar-refractivity contribution in [2.75, 3.05) is 30.4 Å². The number of amides is 1. The summed E-state index contributed by atoms with van der Waals surface area (Å²) >= 11 is 0. The molecule has 1 amide bonds. The van der Waals surface area contributed by atoms with Crippen LogP contribution in [-0.2, 0) is 17.9 Å². The zero-order chi connectivity index (χ0) is 24.7. The van der Waals surface area contributed by atoms with Crippen LogP contribution in [0.3, 0.4) is 0 Å². The van der Waals surface area contributed by atoms with E-state index in [1.165, 1.54) is 10.9 Å². The van der Waals surface area contributed by atoms with Gasteiger partial charge in [0.15, 0.2) is 6.61 Å². The number of fused-ring (bicyclic) bond motifs is 10. The van der Waals surface area contributed by atoms with Gasteiger partial charge in [-0.05, 0) is 30.5 Å². The number of anilines is 3. The second-order valence-corrected chi connectivity index (χ2v) is 7.62. The SMILES string of the molecule is O=C1Cn2cc(cn2)Nc2nc(nc(OCC(F)(F)F)n2)NCc2ccc(cc2)OCCCCN1. The van der Waals surface area contributed by atoms with Crippen molar-refractivity contribution in [3.05, 3.63) is 42.2 Å². The van der Waals surface area contributed by atoms with Gasteiger partial charge in [0.2, 0.25) is 17.8 Å². The van der Waals surface area contributed by atoms with Crippen LogP contribution in [0.5, 0.6) is 11.8 Å². The molecule has 2 aliphatic heterocycles. The predicted octanol–water partition coefficient (Wildman–Crippen LogP) is 2.65. The van der Waals surface area contributed by atoms with E-state index in [9.17, 15) is 18.0 Å². The number of nitrogens with one attached hydrogen (secondary N) is 3. The fourth-order valence-electron chi connectivity index (χ4n) is 3.08. The van der Waals surface area contributed by atoms with Gasteiger partial charge in [-0.15, -0.1) is 0 Å². The number of carbonyl (C=O) groups excluding carboxylic acids is 1. The lowest BCUT2D eigenvalue weighted by atomic mass is 10.2. The van der Waals surface area contributed by atoms with Crippen LogP contribution in [0.15, 0.2) is 36.7 Å². The maximum Gasteiger partial charge on any atom is 0.422 e. The van der Waals surface area contributed by atoms with Gasteiger partial charge < -0.3 is 25.4 Å². The van der Waals surface area contributed by atoms with Crippen molar-refractivity contribution in [3.63, 3.8) is 0 Å². The third-order valence-electron chi connectivity index (χ3n) is 4.71. The zero-order valence-electron chi connectivity index (χ0n) is 18.5. The highest BCUT2D eigenvalue weighted by atomic mass is 19.4. The summed E-state index contributed by atoms with van der Waals surface area (Å²) in [6.45, 7) is -0.240. The van der Waals surface area contributed by atoms with Crippen LogP contribution in [0.4, 0.5) is 30.8 Å². The molecule has 4 heterocycles. The molecule has 0 saturated carbocycles. The molecular weight excluding hydrogens is 469 g/mol. The molecule has 11 nitrogen and oxygen atoms in total. The molecule has 3 aromatic rings. The predicted molar refractivity (Wildman–Crippen MR) is 118 cm³/mol. The second-order valence-electron chi connectivity index (χ2n) is 7.62. The molecule has 2 aliphatic rings. The maximum absolute atomic E-state index is 12.6. The van der Waals surface area contributed by atoms with E-state index in [1.54, 1.807) is 6.20 Å². The van der Waals surface area contributed by atoms with Crippen LogP contribution >= 0.6 is 0 Å². The first kappa shape index (κ1) is 24.0.